The van der Waals surface area contributed by atoms with Crippen LogP contribution in [0.3, 0.4) is 0 Å². The summed E-state index contributed by atoms with van der Waals surface area (Å²) < 4.78 is 28.7. The topological polar surface area (TPSA) is 86.8 Å². The molecule has 220 valence electrons. The monoisotopic (exact) mass is 657 g/mol. The highest BCUT2D eigenvalue weighted by atomic mass is 35.5. The third-order valence-electron chi connectivity index (χ3n) is 6.03. The molecule has 0 saturated heterocycles. The van der Waals surface area contributed by atoms with Crippen LogP contribution in [0.15, 0.2) is 71.6 Å². The van der Waals surface area contributed by atoms with Gasteiger partial charge in [0.2, 0.25) is 11.8 Å². The number of carbonyl (C=O) groups is 2. The number of carbonyl (C=O) groups excluding carboxylic acids is 2. The van der Waals surface area contributed by atoms with Crippen LogP contribution in [0.1, 0.15) is 39.7 Å². The molecule has 0 bridgehead atoms. The molecule has 0 spiro atoms. The number of rotatable bonds is 10. The zero-order chi connectivity index (χ0) is 30.5. The van der Waals surface area contributed by atoms with E-state index in [1.807, 2.05) is 20.8 Å². The number of nitrogens with one attached hydrogen (secondary N) is 1. The van der Waals surface area contributed by atoms with E-state index in [9.17, 15) is 18.0 Å². The van der Waals surface area contributed by atoms with Crippen molar-refractivity contribution in [3.8, 4) is 0 Å². The Bertz CT molecular complexity index is 1510. The second-order valence-electron chi connectivity index (χ2n) is 10.3. The third kappa shape index (κ3) is 8.52. The molecule has 0 unspecified atom stereocenters. The van der Waals surface area contributed by atoms with Crippen LogP contribution in [0.4, 0.5) is 5.69 Å². The summed E-state index contributed by atoms with van der Waals surface area (Å²) in [7, 11) is -4.29. The van der Waals surface area contributed by atoms with E-state index in [0.29, 0.717) is 15.6 Å². The van der Waals surface area contributed by atoms with Gasteiger partial charge in [-0.15, -0.1) is 0 Å². The van der Waals surface area contributed by atoms with Crippen molar-refractivity contribution in [2.24, 2.45) is 0 Å². The second-order valence-corrected chi connectivity index (χ2v) is 13.9. The molecule has 1 atom stereocenters. The van der Waals surface area contributed by atoms with E-state index < -0.39 is 40.0 Å². The molecular weight excluding hydrogens is 628 g/mol. The molecule has 0 aliphatic rings. The quantitative estimate of drug-likeness (QED) is 0.249. The minimum atomic E-state index is -4.29. The van der Waals surface area contributed by atoms with Crippen LogP contribution < -0.4 is 9.62 Å². The van der Waals surface area contributed by atoms with Gasteiger partial charge in [-0.25, -0.2) is 8.42 Å². The van der Waals surface area contributed by atoms with Gasteiger partial charge < -0.3 is 10.2 Å². The van der Waals surface area contributed by atoms with Crippen molar-refractivity contribution in [2.45, 2.75) is 57.1 Å². The summed E-state index contributed by atoms with van der Waals surface area (Å²) in [5.74, 6) is -1.04. The van der Waals surface area contributed by atoms with Gasteiger partial charge in [-0.2, -0.15) is 0 Å². The Morgan fingerprint density at radius 1 is 0.878 bits per heavy atom. The molecule has 1 N–H and O–H groups in total. The molecule has 0 saturated carbocycles. The zero-order valence-electron chi connectivity index (χ0n) is 23.0. The molecule has 3 rings (SSSR count). The van der Waals surface area contributed by atoms with Gasteiger partial charge in [0.1, 0.15) is 12.6 Å². The summed E-state index contributed by atoms with van der Waals surface area (Å²) in [6.07, 6.45) is 0.252. The van der Waals surface area contributed by atoms with E-state index in [1.165, 1.54) is 41.3 Å². The molecule has 0 aliphatic carbocycles. The summed E-state index contributed by atoms with van der Waals surface area (Å²) in [5.41, 5.74) is -0.0218. The predicted octanol–water partition coefficient (Wildman–Crippen LogP) is 7.22. The Hall–Kier alpha value is -2.49. The molecule has 0 heterocycles. The Morgan fingerprint density at radius 3 is 2.07 bits per heavy atom. The fraction of sp³-hybridized carbons (Fsp3) is 0.310. The van der Waals surface area contributed by atoms with Crippen LogP contribution in [0.5, 0.6) is 0 Å². The largest absolute Gasteiger partial charge is 0.350 e. The molecule has 2 amide bonds. The lowest BCUT2D eigenvalue weighted by atomic mass is 10.1. The molecule has 0 radical (unpaired) electrons. The fourth-order valence-electron chi connectivity index (χ4n) is 4.12. The maximum absolute atomic E-state index is 14.1. The molecule has 41 heavy (non-hydrogen) atoms. The van der Waals surface area contributed by atoms with Gasteiger partial charge in [0.05, 0.1) is 15.6 Å². The van der Waals surface area contributed by atoms with Gasteiger partial charge >= 0.3 is 0 Å². The molecule has 3 aromatic rings. The number of nitrogens with zero attached hydrogens (tertiary/aromatic N) is 2. The fourth-order valence-corrected chi connectivity index (χ4v) is 6.47. The summed E-state index contributed by atoms with van der Waals surface area (Å²) in [6.45, 7) is 6.51. The lowest BCUT2D eigenvalue weighted by molar-refractivity contribution is -0.141. The van der Waals surface area contributed by atoms with Crippen molar-refractivity contribution in [3.05, 3.63) is 92.4 Å². The van der Waals surface area contributed by atoms with Crippen molar-refractivity contribution in [3.63, 3.8) is 0 Å². The summed E-state index contributed by atoms with van der Waals surface area (Å²) in [4.78, 5) is 28.8. The smallest absolute Gasteiger partial charge is 0.264 e. The first-order chi connectivity index (χ1) is 19.1. The normalized spacial score (nSPS) is 12.5. The predicted molar refractivity (Wildman–Crippen MR) is 166 cm³/mol. The Kier molecular flexibility index (Phi) is 11.0. The second kappa shape index (κ2) is 13.7. The van der Waals surface area contributed by atoms with Crippen molar-refractivity contribution in [1.82, 2.24) is 10.2 Å². The van der Waals surface area contributed by atoms with Crippen LogP contribution in [0.25, 0.3) is 0 Å². The SMILES string of the molecule is CC[C@@H](C(=O)NC(C)(C)C)N(Cc1ccc(Cl)cc1Cl)C(=O)CN(c1cc(Cl)ccc1Cl)S(=O)(=O)c1ccccc1. The maximum Gasteiger partial charge on any atom is 0.264 e. The highest BCUT2D eigenvalue weighted by Gasteiger charge is 2.35. The Morgan fingerprint density at radius 2 is 1.49 bits per heavy atom. The van der Waals surface area contributed by atoms with E-state index in [4.69, 9.17) is 46.4 Å². The minimum Gasteiger partial charge on any atom is -0.350 e. The van der Waals surface area contributed by atoms with Gasteiger partial charge in [0.25, 0.3) is 10.0 Å². The third-order valence-corrected chi connectivity index (χ3v) is 8.94. The van der Waals surface area contributed by atoms with E-state index in [-0.39, 0.29) is 33.6 Å². The van der Waals surface area contributed by atoms with Crippen LogP contribution >= 0.6 is 46.4 Å². The number of benzene rings is 3. The highest BCUT2D eigenvalue weighted by Crippen LogP contribution is 2.33. The van der Waals surface area contributed by atoms with Crippen molar-refractivity contribution < 1.29 is 18.0 Å². The number of hydrogen-bond donors (Lipinski definition) is 1. The first-order valence-corrected chi connectivity index (χ1v) is 15.7. The Balaban J connectivity index is 2.13. The van der Waals surface area contributed by atoms with Crippen LogP contribution in [0.2, 0.25) is 20.1 Å². The lowest BCUT2D eigenvalue weighted by Crippen LogP contribution is -2.55. The highest BCUT2D eigenvalue weighted by molar-refractivity contribution is 7.92. The molecule has 0 fully saturated rings. The van der Waals surface area contributed by atoms with Gasteiger partial charge in [0.15, 0.2) is 0 Å². The number of amides is 2. The van der Waals surface area contributed by atoms with Crippen molar-refractivity contribution in [1.29, 1.82) is 0 Å². The van der Waals surface area contributed by atoms with Crippen molar-refractivity contribution in [2.75, 3.05) is 10.8 Å². The van der Waals surface area contributed by atoms with Gasteiger partial charge in [0, 0.05) is 27.2 Å². The first-order valence-electron chi connectivity index (χ1n) is 12.7. The molecule has 0 aromatic heterocycles. The minimum absolute atomic E-state index is 0.0213. The van der Waals surface area contributed by atoms with E-state index in [1.54, 1.807) is 37.3 Å². The molecular formula is C29H31Cl4N3O4S. The van der Waals surface area contributed by atoms with E-state index >= 15 is 0 Å². The number of hydrogen-bond acceptors (Lipinski definition) is 4. The van der Waals surface area contributed by atoms with E-state index in [2.05, 4.69) is 5.32 Å². The molecule has 7 nitrogen and oxygen atoms in total. The lowest BCUT2D eigenvalue weighted by Gasteiger charge is -2.35. The van der Waals surface area contributed by atoms with Crippen LogP contribution in [0, 0.1) is 0 Å². The average molecular weight is 659 g/mol. The average Bonchev–Trinajstić information content (AvgIpc) is 2.89. The molecule has 12 heteroatoms. The summed E-state index contributed by atoms with van der Waals surface area (Å²) >= 11 is 25.2. The number of anilines is 1. The van der Waals surface area contributed by atoms with Gasteiger partial charge in [-0.05, 0) is 75.2 Å². The first kappa shape index (κ1) is 33.0. The van der Waals surface area contributed by atoms with E-state index in [0.717, 1.165) is 4.31 Å². The molecule has 0 aliphatic heterocycles. The standard InChI is InChI=1S/C29H31Cl4N3O4S/c1-5-25(28(38)34-29(2,3)4)35(17-19-11-12-20(30)15-24(19)33)27(37)18-36(26-16-21(31)13-14-23(26)32)41(39,40)22-9-7-6-8-10-22/h6-16,25H,5,17-18H2,1-4H3,(H,34,38)/t25-/m0/s1. The van der Waals surface area contributed by atoms with Crippen LogP contribution in [-0.2, 0) is 26.2 Å². The number of sulfonamides is 1. The number of halogens is 4. The van der Waals surface area contributed by atoms with Crippen molar-refractivity contribution >= 4 is 73.9 Å². The summed E-state index contributed by atoms with van der Waals surface area (Å²) in [6, 6.07) is 15.9. The van der Waals surface area contributed by atoms with Gasteiger partial charge in [-0.1, -0.05) is 77.6 Å². The molecule has 3 aromatic carbocycles. The zero-order valence-corrected chi connectivity index (χ0v) is 26.8. The maximum atomic E-state index is 14.1. The van der Waals surface area contributed by atoms with Gasteiger partial charge in [-0.3, -0.25) is 13.9 Å². The summed E-state index contributed by atoms with van der Waals surface area (Å²) in [5, 5.41) is 3.92. The van der Waals surface area contributed by atoms with Crippen LogP contribution in [-0.4, -0.2) is 43.3 Å². The Labute approximate surface area is 261 Å².